The zero-order chi connectivity index (χ0) is 12.1. The summed E-state index contributed by atoms with van der Waals surface area (Å²) in [4.78, 5) is 4.39. The first kappa shape index (κ1) is 12.6. The van der Waals surface area contributed by atoms with Gasteiger partial charge in [-0.3, -0.25) is 4.68 Å². The number of aromatic nitrogens is 3. The minimum atomic E-state index is 0.695. The topological polar surface area (TPSA) is 42.7 Å². The van der Waals surface area contributed by atoms with E-state index in [9.17, 15) is 0 Å². The number of nitrogens with one attached hydrogen (secondary N) is 1. The molecule has 1 aromatic heterocycles. The Morgan fingerprint density at radius 1 is 1.41 bits per heavy atom. The molecule has 1 N–H and O–H groups in total. The third-order valence-electron chi connectivity index (χ3n) is 3.91. The van der Waals surface area contributed by atoms with Crippen LogP contribution in [-0.4, -0.2) is 27.9 Å². The van der Waals surface area contributed by atoms with Gasteiger partial charge < -0.3 is 5.32 Å². The molecule has 2 atom stereocenters. The van der Waals surface area contributed by atoms with Crippen LogP contribution in [0.4, 0.5) is 0 Å². The molecule has 17 heavy (non-hydrogen) atoms. The maximum Gasteiger partial charge on any atom is 0.138 e. The lowest BCUT2D eigenvalue weighted by Gasteiger charge is -2.19. The van der Waals surface area contributed by atoms with Crippen molar-refractivity contribution in [3.63, 3.8) is 0 Å². The summed E-state index contributed by atoms with van der Waals surface area (Å²) in [5.41, 5.74) is 0. The second-order valence-electron chi connectivity index (χ2n) is 5.07. The Kier molecular flexibility index (Phi) is 4.54. The van der Waals surface area contributed by atoms with E-state index in [0.717, 1.165) is 24.7 Å². The molecule has 1 aliphatic carbocycles. The zero-order valence-corrected chi connectivity index (χ0v) is 11.0. The quantitative estimate of drug-likeness (QED) is 0.813. The lowest BCUT2D eigenvalue weighted by molar-refractivity contribution is 0.387. The Labute approximate surface area is 104 Å². The highest BCUT2D eigenvalue weighted by Gasteiger charge is 2.20. The van der Waals surface area contributed by atoms with Gasteiger partial charge in [-0.25, -0.2) is 4.98 Å². The minimum Gasteiger partial charge on any atom is -0.317 e. The van der Waals surface area contributed by atoms with Gasteiger partial charge in [-0.05, 0) is 39.2 Å². The molecule has 96 valence electrons. The average Bonchev–Trinajstić information content (AvgIpc) is 2.66. The molecule has 2 rings (SSSR count). The molecule has 1 fully saturated rings. The van der Waals surface area contributed by atoms with Crippen LogP contribution in [0.15, 0.2) is 6.33 Å². The molecule has 0 radical (unpaired) electrons. The van der Waals surface area contributed by atoms with Crippen LogP contribution < -0.4 is 5.32 Å². The molecule has 0 aliphatic heterocycles. The van der Waals surface area contributed by atoms with Crippen molar-refractivity contribution in [2.24, 2.45) is 5.92 Å². The molecule has 1 saturated carbocycles. The van der Waals surface area contributed by atoms with Crippen LogP contribution in [0.2, 0.25) is 0 Å². The minimum absolute atomic E-state index is 0.695. The van der Waals surface area contributed by atoms with E-state index in [1.54, 1.807) is 6.33 Å². The van der Waals surface area contributed by atoms with E-state index in [4.69, 9.17) is 0 Å². The molecule has 0 saturated heterocycles. The van der Waals surface area contributed by atoms with Gasteiger partial charge in [0.05, 0.1) is 0 Å². The molecule has 4 nitrogen and oxygen atoms in total. The van der Waals surface area contributed by atoms with Crippen molar-refractivity contribution >= 4 is 0 Å². The number of hydrogen-bond acceptors (Lipinski definition) is 3. The van der Waals surface area contributed by atoms with Crippen LogP contribution in [0.25, 0.3) is 0 Å². The standard InChI is InChI=1S/C13H24N4/c1-3-17-13(15-10-16-17)9-11-6-4-5-7-12(8-11)14-2/h10-12,14H,3-9H2,1-2H3. The number of nitrogens with zero attached hydrogens (tertiary/aromatic N) is 3. The van der Waals surface area contributed by atoms with E-state index in [1.807, 2.05) is 4.68 Å². The third kappa shape index (κ3) is 3.28. The molecule has 1 aromatic rings. The lowest BCUT2D eigenvalue weighted by atomic mass is 9.94. The molecule has 0 amide bonds. The first-order valence-corrected chi connectivity index (χ1v) is 6.87. The molecule has 0 bridgehead atoms. The van der Waals surface area contributed by atoms with Gasteiger partial charge >= 0.3 is 0 Å². The summed E-state index contributed by atoms with van der Waals surface area (Å²) in [7, 11) is 2.08. The highest BCUT2D eigenvalue weighted by molar-refractivity contribution is 4.89. The van der Waals surface area contributed by atoms with Crippen molar-refractivity contribution in [3.05, 3.63) is 12.2 Å². The van der Waals surface area contributed by atoms with Gasteiger partial charge in [0, 0.05) is 19.0 Å². The SMILES string of the molecule is CCn1ncnc1CC1CCCCC(NC)C1. The zero-order valence-electron chi connectivity index (χ0n) is 11.0. The highest BCUT2D eigenvalue weighted by Crippen LogP contribution is 2.25. The van der Waals surface area contributed by atoms with E-state index < -0.39 is 0 Å². The normalized spacial score (nSPS) is 25.8. The first-order valence-electron chi connectivity index (χ1n) is 6.87. The van der Waals surface area contributed by atoms with E-state index >= 15 is 0 Å². The van der Waals surface area contributed by atoms with Crippen LogP contribution in [0.1, 0.15) is 44.9 Å². The van der Waals surface area contributed by atoms with E-state index in [1.165, 1.54) is 32.1 Å². The molecular weight excluding hydrogens is 212 g/mol. The van der Waals surface area contributed by atoms with Gasteiger partial charge in [-0.2, -0.15) is 5.10 Å². The average molecular weight is 236 g/mol. The van der Waals surface area contributed by atoms with E-state index in [0.29, 0.717) is 6.04 Å². The Morgan fingerprint density at radius 3 is 3.00 bits per heavy atom. The summed E-state index contributed by atoms with van der Waals surface area (Å²) in [5.74, 6) is 1.93. The van der Waals surface area contributed by atoms with Crippen molar-refractivity contribution in [1.82, 2.24) is 20.1 Å². The van der Waals surface area contributed by atoms with E-state index in [2.05, 4.69) is 29.4 Å². The number of hydrogen-bond donors (Lipinski definition) is 1. The predicted octanol–water partition coefficient (Wildman–Crippen LogP) is 2.01. The summed E-state index contributed by atoms with van der Waals surface area (Å²) in [5, 5.41) is 7.69. The van der Waals surface area contributed by atoms with Crippen LogP contribution in [0.3, 0.4) is 0 Å². The summed E-state index contributed by atoms with van der Waals surface area (Å²) in [6, 6.07) is 0.695. The summed E-state index contributed by atoms with van der Waals surface area (Å²) < 4.78 is 2.03. The largest absolute Gasteiger partial charge is 0.317 e. The Bertz CT molecular complexity index is 334. The Hall–Kier alpha value is -0.900. The maximum absolute atomic E-state index is 4.39. The first-order chi connectivity index (χ1) is 8.33. The smallest absolute Gasteiger partial charge is 0.138 e. The van der Waals surface area contributed by atoms with Crippen LogP contribution >= 0.6 is 0 Å². The van der Waals surface area contributed by atoms with Gasteiger partial charge in [-0.1, -0.05) is 12.8 Å². The van der Waals surface area contributed by atoms with Gasteiger partial charge in [0.2, 0.25) is 0 Å². The molecule has 4 heteroatoms. The highest BCUT2D eigenvalue weighted by atomic mass is 15.3. The van der Waals surface area contributed by atoms with Crippen molar-refractivity contribution in [2.75, 3.05) is 7.05 Å². The summed E-state index contributed by atoms with van der Waals surface area (Å²) in [6.45, 7) is 3.05. The maximum atomic E-state index is 4.39. The second kappa shape index (κ2) is 6.15. The fourth-order valence-electron chi connectivity index (χ4n) is 2.88. The molecule has 1 heterocycles. The molecular formula is C13H24N4. The number of aryl methyl sites for hydroxylation is 1. The van der Waals surface area contributed by atoms with Crippen LogP contribution in [0.5, 0.6) is 0 Å². The molecule has 1 aliphatic rings. The van der Waals surface area contributed by atoms with E-state index in [-0.39, 0.29) is 0 Å². The molecule has 0 aromatic carbocycles. The second-order valence-corrected chi connectivity index (χ2v) is 5.07. The Morgan fingerprint density at radius 2 is 2.24 bits per heavy atom. The van der Waals surface area contributed by atoms with Gasteiger partial charge in [0.1, 0.15) is 12.2 Å². The lowest BCUT2D eigenvalue weighted by Crippen LogP contribution is -2.27. The number of rotatable bonds is 4. The third-order valence-corrected chi connectivity index (χ3v) is 3.91. The monoisotopic (exact) mass is 236 g/mol. The molecule has 2 unspecified atom stereocenters. The van der Waals surface area contributed by atoms with Gasteiger partial charge in [-0.15, -0.1) is 0 Å². The van der Waals surface area contributed by atoms with Crippen molar-refractivity contribution in [1.29, 1.82) is 0 Å². The summed E-state index contributed by atoms with van der Waals surface area (Å²) in [6.07, 6.45) is 9.46. The van der Waals surface area contributed by atoms with Crippen molar-refractivity contribution in [2.45, 2.75) is 58.0 Å². The van der Waals surface area contributed by atoms with Crippen LogP contribution in [0, 0.1) is 5.92 Å². The van der Waals surface area contributed by atoms with Gasteiger partial charge in [0.15, 0.2) is 0 Å². The fraction of sp³-hybridized carbons (Fsp3) is 0.846. The predicted molar refractivity (Wildman–Crippen MR) is 68.8 cm³/mol. The van der Waals surface area contributed by atoms with Crippen molar-refractivity contribution in [3.8, 4) is 0 Å². The fourth-order valence-corrected chi connectivity index (χ4v) is 2.88. The molecule has 0 spiro atoms. The van der Waals surface area contributed by atoms with Crippen LogP contribution in [-0.2, 0) is 13.0 Å². The van der Waals surface area contributed by atoms with Gasteiger partial charge in [0.25, 0.3) is 0 Å². The van der Waals surface area contributed by atoms with Crippen molar-refractivity contribution < 1.29 is 0 Å². The Balaban J connectivity index is 1.97. The summed E-state index contributed by atoms with van der Waals surface area (Å²) >= 11 is 0.